The number of carboxylic acids is 2. The summed E-state index contributed by atoms with van der Waals surface area (Å²) >= 11 is 0. The largest absolute Gasteiger partial charge is 0.493 e. The zero-order chi connectivity index (χ0) is 22.9. The van der Waals surface area contributed by atoms with Gasteiger partial charge >= 0.3 is 11.9 Å². The Morgan fingerprint density at radius 2 is 1.42 bits per heavy atom. The van der Waals surface area contributed by atoms with E-state index in [9.17, 15) is 14.7 Å². The average molecular weight is 432 g/mol. The fourth-order valence-corrected chi connectivity index (χ4v) is 2.84. The van der Waals surface area contributed by atoms with E-state index >= 15 is 0 Å². The molecule has 2 aromatic rings. The molecule has 2 unspecified atom stereocenters. The number of rotatable bonds is 13. The Hall–Kier alpha value is -3.10. The van der Waals surface area contributed by atoms with Crippen molar-refractivity contribution in [3.8, 4) is 11.5 Å². The first-order valence-corrected chi connectivity index (χ1v) is 9.79. The summed E-state index contributed by atoms with van der Waals surface area (Å²) < 4.78 is 21.4. The van der Waals surface area contributed by atoms with Crippen molar-refractivity contribution in [2.75, 3.05) is 27.4 Å². The van der Waals surface area contributed by atoms with Gasteiger partial charge in [-0.3, -0.25) is 0 Å². The molecule has 0 spiro atoms. The van der Waals surface area contributed by atoms with Gasteiger partial charge in [0, 0.05) is 27.1 Å². The third kappa shape index (κ3) is 6.70. The van der Waals surface area contributed by atoms with E-state index in [1.165, 1.54) is 21.1 Å². The average Bonchev–Trinajstić information content (AvgIpc) is 2.77. The summed E-state index contributed by atoms with van der Waals surface area (Å²) in [5.41, 5.74) is -0.0253. The second-order valence-corrected chi connectivity index (χ2v) is 7.03. The van der Waals surface area contributed by atoms with E-state index in [-0.39, 0.29) is 6.42 Å². The maximum atomic E-state index is 11.4. The lowest BCUT2D eigenvalue weighted by molar-refractivity contribution is -0.161. The number of carboxylic acid groups (broad SMARTS) is 2. The maximum absolute atomic E-state index is 11.4. The molecule has 2 N–H and O–H groups in total. The number of methoxy groups -OCH3 is 2. The number of aliphatic carboxylic acids is 2. The third-order valence-corrected chi connectivity index (χ3v) is 4.95. The molecule has 0 aliphatic heterocycles. The predicted octanol–water partition coefficient (Wildman–Crippen LogP) is 3.12. The number of hydrogen-bond donors (Lipinski definition) is 2. The van der Waals surface area contributed by atoms with Crippen molar-refractivity contribution in [1.29, 1.82) is 0 Å². The molecule has 0 heterocycles. The molecule has 0 bridgehead atoms. The van der Waals surface area contributed by atoms with E-state index in [4.69, 9.17) is 24.1 Å². The van der Waals surface area contributed by atoms with Crippen molar-refractivity contribution >= 4 is 11.9 Å². The van der Waals surface area contributed by atoms with Gasteiger partial charge in [-0.25, -0.2) is 9.59 Å². The Balaban J connectivity index is 1.75. The van der Waals surface area contributed by atoms with Crippen LogP contribution in [0.15, 0.2) is 48.5 Å². The number of carbonyl (C=O) groups is 2. The van der Waals surface area contributed by atoms with Gasteiger partial charge in [0.25, 0.3) is 0 Å². The quantitative estimate of drug-likeness (QED) is 0.465. The molecule has 0 saturated carbocycles. The highest BCUT2D eigenvalue weighted by Crippen LogP contribution is 2.26. The normalized spacial score (nSPS) is 13.8. The molecular weight excluding hydrogens is 404 g/mol. The maximum Gasteiger partial charge on any atom is 0.340 e. The summed E-state index contributed by atoms with van der Waals surface area (Å²) in [6, 6.07) is 14.0. The Kier molecular flexibility index (Phi) is 8.84. The lowest BCUT2D eigenvalue weighted by Gasteiger charge is -2.23. The minimum absolute atomic E-state index is 0.286. The van der Waals surface area contributed by atoms with Crippen molar-refractivity contribution in [3.63, 3.8) is 0 Å². The molecular formula is C23H28O8. The Bertz CT molecular complexity index is 847. The van der Waals surface area contributed by atoms with Gasteiger partial charge in [0.1, 0.15) is 11.5 Å². The van der Waals surface area contributed by atoms with Gasteiger partial charge in [-0.05, 0) is 42.3 Å². The van der Waals surface area contributed by atoms with Crippen LogP contribution in [-0.2, 0) is 31.1 Å². The second-order valence-electron chi connectivity index (χ2n) is 7.03. The summed E-state index contributed by atoms with van der Waals surface area (Å²) in [4.78, 5) is 22.4. The zero-order valence-corrected chi connectivity index (χ0v) is 17.9. The van der Waals surface area contributed by atoms with Crippen LogP contribution >= 0.6 is 0 Å². The van der Waals surface area contributed by atoms with Crippen LogP contribution in [0.2, 0.25) is 0 Å². The van der Waals surface area contributed by atoms with E-state index in [0.29, 0.717) is 36.7 Å². The highest BCUT2D eigenvalue weighted by Gasteiger charge is 2.35. The Labute approximate surface area is 181 Å². The first-order valence-electron chi connectivity index (χ1n) is 9.79. The van der Waals surface area contributed by atoms with Gasteiger partial charge < -0.3 is 29.2 Å². The summed E-state index contributed by atoms with van der Waals surface area (Å²) in [6.45, 7) is 2.39. The molecule has 31 heavy (non-hydrogen) atoms. The summed E-state index contributed by atoms with van der Waals surface area (Å²) in [5, 5.41) is 18.4. The fourth-order valence-electron chi connectivity index (χ4n) is 2.84. The molecule has 8 nitrogen and oxygen atoms in total. The van der Waals surface area contributed by atoms with Gasteiger partial charge in [-0.2, -0.15) is 0 Å². The Morgan fingerprint density at radius 3 is 1.84 bits per heavy atom. The molecule has 0 radical (unpaired) electrons. The lowest BCUT2D eigenvalue weighted by atomic mass is 9.96. The van der Waals surface area contributed by atoms with Gasteiger partial charge in [-0.1, -0.05) is 24.3 Å². The summed E-state index contributed by atoms with van der Waals surface area (Å²) in [7, 11) is 2.73. The van der Waals surface area contributed by atoms with Gasteiger partial charge in [0.15, 0.2) is 11.7 Å². The highest BCUT2D eigenvalue weighted by molar-refractivity contribution is 5.79. The van der Waals surface area contributed by atoms with Crippen LogP contribution < -0.4 is 9.47 Å². The van der Waals surface area contributed by atoms with E-state index in [2.05, 4.69) is 0 Å². The van der Waals surface area contributed by atoms with Crippen molar-refractivity contribution in [2.24, 2.45) is 0 Å². The van der Waals surface area contributed by atoms with Crippen molar-refractivity contribution in [1.82, 2.24) is 0 Å². The van der Waals surface area contributed by atoms with Crippen LogP contribution in [0.4, 0.5) is 0 Å². The molecule has 168 valence electrons. The van der Waals surface area contributed by atoms with Gasteiger partial charge in [0.05, 0.1) is 13.2 Å². The van der Waals surface area contributed by atoms with Gasteiger partial charge in [-0.15, -0.1) is 0 Å². The highest BCUT2D eigenvalue weighted by atomic mass is 16.5. The van der Waals surface area contributed by atoms with E-state index < -0.39 is 23.6 Å². The minimum atomic E-state index is -1.40. The predicted molar refractivity (Wildman–Crippen MR) is 113 cm³/mol. The standard InChI is InChI=1S/C23H28O8/c1-23(29-3,22(26)27)17-7-11-19(12-8-17)31-14-4-13-30-18-9-5-16(6-10-18)15-20(28-2)21(24)25/h5-12,20H,4,13-15H2,1-3H3,(H,24,25)(H,26,27). The smallest absolute Gasteiger partial charge is 0.340 e. The van der Waals surface area contributed by atoms with Crippen LogP contribution in [0.25, 0.3) is 0 Å². The summed E-state index contributed by atoms with van der Waals surface area (Å²) in [6.07, 6.45) is 0.0684. The topological polar surface area (TPSA) is 112 Å². The van der Waals surface area contributed by atoms with E-state index in [0.717, 1.165) is 5.56 Å². The molecule has 0 amide bonds. The lowest BCUT2D eigenvalue weighted by Crippen LogP contribution is -2.34. The number of benzene rings is 2. The summed E-state index contributed by atoms with van der Waals surface area (Å²) in [5.74, 6) is -0.741. The zero-order valence-electron chi connectivity index (χ0n) is 17.9. The van der Waals surface area contributed by atoms with Crippen molar-refractivity contribution < 1.29 is 38.7 Å². The van der Waals surface area contributed by atoms with Crippen molar-refractivity contribution in [2.45, 2.75) is 31.5 Å². The Morgan fingerprint density at radius 1 is 0.903 bits per heavy atom. The monoisotopic (exact) mass is 432 g/mol. The van der Waals surface area contributed by atoms with Crippen LogP contribution in [0, 0.1) is 0 Å². The number of ether oxygens (including phenoxy) is 4. The molecule has 0 saturated heterocycles. The fraction of sp³-hybridized carbons (Fsp3) is 0.391. The molecule has 2 atom stereocenters. The third-order valence-electron chi connectivity index (χ3n) is 4.95. The van der Waals surface area contributed by atoms with E-state index in [1.807, 2.05) is 12.1 Å². The van der Waals surface area contributed by atoms with Gasteiger partial charge in [0.2, 0.25) is 0 Å². The molecule has 0 aromatic heterocycles. The molecule has 2 aromatic carbocycles. The first kappa shape index (κ1) is 24.2. The first-order chi connectivity index (χ1) is 14.8. The van der Waals surface area contributed by atoms with Crippen LogP contribution in [0.3, 0.4) is 0 Å². The SMILES string of the molecule is COC(Cc1ccc(OCCCOc2ccc(C(C)(OC)C(=O)O)cc2)cc1)C(=O)O. The molecule has 0 fully saturated rings. The number of hydrogen-bond acceptors (Lipinski definition) is 6. The second kappa shape index (κ2) is 11.3. The minimum Gasteiger partial charge on any atom is -0.493 e. The van der Waals surface area contributed by atoms with Crippen LogP contribution in [0.1, 0.15) is 24.5 Å². The molecule has 0 aliphatic carbocycles. The van der Waals surface area contributed by atoms with Crippen LogP contribution in [-0.4, -0.2) is 55.7 Å². The molecule has 8 heteroatoms. The van der Waals surface area contributed by atoms with Crippen molar-refractivity contribution in [3.05, 3.63) is 59.7 Å². The molecule has 0 aliphatic rings. The van der Waals surface area contributed by atoms with E-state index in [1.54, 1.807) is 36.4 Å². The van der Waals surface area contributed by atoms with Crippen LogP contribution in [0.5, 0.6) is 11.5 Å². The molecule has 2 rings (SSSR count).